The predicted molar refractivity (Wildman–Crippen MR) is 69.2 cm³/mol. The normalized spacial score (nSPS) is 18.9. The van der Waals surface area contributed by atoms with Crippen molar-refractivity contribution in [1.82, 2.24) is 10.3 Å². The summed E-state index contributed by atoms with van der Waals surface area (Å²) < 4.78 is 26.6. The molecule has 1 saturated heterocycles. The third-order valence-corrected chi connectivity index (χ3v) is 3.97. The summed E-state index contributed by atoms with van der Waals surface area (Å²) in [6.07, 6.45) is 1.76. The quantitative estimate of drug-likeness (QED) is 0.889. The molecule has 1 atom stereocenters. The SMILES string of the molecule is O=C(Nc1nc2cc(F)c(F)cc2s1)C1CCCN1. The van der Waals surface area contributed by atoms with Gasteiger partial charge in [0.15, 0.2) is 16.8 Å². The lowest BCUT2D eigenvalue weighted by atomic mass is 10.2. The molecule has 0 aliphatic carbocycles. The number of rotatable bonds is 2. The van der Waals surface area contributed by atoms with E-state index in [9.17, 15) is 13.6 Å². The Labute approximate surface area is 111 Å². The number of anilines is 1. The summed E-state index contributed by atoms with van der Waals surface area (Å²) in [5.41, 5.74) is 0.346. The summed E-state index contributed by atoms with van der Waals surface area (Å²) >= 11 is 1.13. The molecule has 1 fully saturated rings. The van der Waals surface area contributed by atoms with Gasteiger partial charge in [-0.1, -0.05) is 11.3 Å². The van der Waals surface area contributed by atoms with E-state index in [1.807, 2.05) is 0 Å². The smallest absolute Gasteiger partial charge is 0.243 e. The van der Waals surface area contributed by atoms with Gasteiger partial charge in [0, 0.05) is 6.07 Å². The number of fused-ring (bicyclic) bond motifs is 1. The van der Waals surface area contributed by atoms with Gasteiger partial charge < -0.3 is 10.6 Å². The molecular formula is C12H11F2N3OS. The molecule has 19 heavy (non-hydrogen) atoms. The lowest BCUT2D eigenvalue weighted by molar-refractivity contribution is -0.117. The van der Waals surface area contributed by atoms with Crippen LogP contribution in [0.1, 0.15) is 12.8 Å². The zero-order chi connectivity index (χ0) is 13.4. The third-order valence-electron chi connectivity index (χ3n) is 3.04. The number of thiazole rings is 1. The highest BCUT2D eigenvalue weighted by Crippen LogP contribution is 2.28. The molecule has 3 rings (SSSR count). The molecule has 0 saturated carbocycles. The number of nitrogens with one attached hydrogen (secondary N) is 2. The van der Waals surface area contributed by atoms with Gasteiger partial charge in [-0.25, -0.2) is 13.8 Å². The molecular weight excluding hydrogens is 272 g/mol. The molecule has 0 radical (unpaired) electrons. The number of aromatic nitrogens is 1. The van der Waals surface area contributed by atoms with Crippen molar-refractivity contribution in [2.24, 2.45) is 0 Å². The summed E-state index contributed by atoms with van der Waals surface area (Å²) in [5.74, 6) is -2.00. The predicted octanol–water partition coefficient (Wildman–Crippen LogP) is 2.26. The first-order valence-corrected chi connectivity index (χ1v) is 6.75. The molecule has 2 heterocycles. The molecule has 1 aromatic carbocycles. The Bertz CT molecular complexity index is 598. The average molecular weight is 283 g/mol. The number of carbonyl (C=O) groups excluding carboxylic acids is 1. The van der Waals surface area contributed by atoms with Crippen LogP contribution in [0.15, 0.2) is 12.1 Å². The van der Waals surface area contributed by atoms with Crippen LogP contribution in [0.5, 0.6) is 0 Å². The van der Waals surface area contributed by atoms with Gasteiger partial charge in [-0.2, -0.15) is 0 Å². The number of carbonyl (C=O) groups is 1. The monoisotopic (exact) mass is 283 g/mol. The van der Waals surface area contributed by atoms with Crippen LogP contribution in [0.3, 0.4) is 0 Å². The number of hydrogen-bond acceptors (Lipinski definition) is 4. The molecule has 1 aromatic heterocycles. The zero-order valence-electron chi connectivity index (χ0n) is 9.87. The highest BCUT2D eigenvalue weighted by Gasteiger charge is 2.22. The largest absolute Gasteiger partial charge is 0.306 e. The van der Waals surface area contributed by atoms with E-state index < -0.39 is 11.6 Å². The fourth-order valence-electron chi connectivity index (χ4n) is 2.08. The Balaban J connectivity index is 1.83. The molecule has 4 nitrogen and oxygen atoms in total. The van der Waals surface area contributed by atoms with Crippen LogP contribution in [0.2, 0.25) is 0 Å². The van der Waals surface area contributed by atoms with Crippen molar-refractivity contribution in [2.75, 3.05) is 11.9 Å². The van der Waals surface area contributed by atoms with Gasteiger partial charge >= 0.3 is 0 Å². The summed E-state index contributed by atoms with van der Waals surface area (Å²) in [4.78, 5) is 15.9. The molecule has 2 N–H and O–H groups in total. The van der Waals surface area contributed by atoms with Gasteiger partial charge in [-0.05, 0) is 25.5 Å². The van der Waals surface area contributed by atoms with Gasteiger partial charge in [0.25, 0.3) is 0 Å². The van der Waals surface area contributed by atoms with Gasteiger partial charge in [-0.3, -0.25) is 4.79 Å². The first-order valence-electron chi connectivity index (χ1n) is 5.93. The van der Waals surface area contributed by atoms with E-state index in [0.717, 1.165) is 42.9 Å². The molecule has 100 valence electrons. The lowest BCUT2D eigenvalue weighted by Crippen LogP contribution is -2.35. The van der Waals surface area contributed by atoms with Crippen LogP contribution in [-0.4, -0.2) is 23.5 Å². The minimum absolute atomic E-state index is 0.155. The summed E-state index contributed by atoms with van der Waals surface area (Å²) in [7, 11) is 0. The zero-order valence-corrected chi connectivity index (χ0v) is 10.7. The molecule has 0 bridgehead atoms. The van der Waals surface area contributed by atoms with Gasteiger partial charge in [0.1, 0.15) is 0 Å². The van der Waals surface area contributed by atoms with E-state index in [1.54, 1.807) is 0 Å². The van der Waals surface area contributed by atoms with E-state index in [-0.39, 0.29) is 11.9 Å². The van der Waals surface area contributed by atoms with Crippen LogP contribution in [0.25, 0.3) is 10.2 Å². The van der Waals surface area contributed by atoms with E-state index in [0.29, 0.717) is 15.3 Å². The highest BCUT2D eigenvalue weighted by atomic mass is 32.1. The van der Waals surface area contributed by atoms with E-state index in [4.69, 9.17) is 0 Å². The molecule has 1 aliphatic heterocycles. The number of nitrogens with zero attached hydrogens (tertiary/aromatic N) is 1. The molecule has 1 amide bonds. The van der Waals surface area contributed by atoms with E-state index >= 15 is 0 Å². The second-order valence-electron chi connectivity index (χ2n) is 4.39. The fourth-order valence-corrected chi connectivity index (χ4v) is 2.95. The molecule has 7 heteroatoms. The Morgan fingerprint density at radius 3 is 2.95 bits per heavy atom. The van der Waals surface area contributed by atoms with Crippen molar-refractivity contribution in [3.8, 4) is 0 Å². The standard InChI is InChI=1S/C12H11F2N3OS/c13-6-4-9-10(5-7(6)14)19-12(16-9)17-11(18)8-2-1-3-15-8/h4-5,8,15H,1-3H2,(H,16,17,18). The molecule has 1 aliphatic rings. The van der Waals surface area contributed by atoms with Crippen LogP contribution < -0.4 is 10.6 Å². The highest BCUT2D eigenvalue weighted by molar-refractivity contribution is 7.22. The lowest BCUT2D eigenvalue weighted by Gasteiger charge is -2.08. The van der Waals surface area contributed by atoms with E-state index in [2.05, 4.69) is 15.6 Å². The van der Waals surface area contributed by atoms with Crippen molar-refractivity contribution in [1.29, 1.82) is 0 Å². The van der Waals surface area contributed by atoms with Crippen molar-refractivity contribution >= 4 is 32.6 Å². The topological polar surface area (TPSA) is 54.0 Å². The Kier molecular flexibility index (Phi) is 3.16. The number of amides is 1. The maximum atomic E-state index is 13.1. The summed E-state index contributed by atoms with van der Waals surface area (Å²) in [6, 6.07) is 1.91. The fraction of sp³-hybridized carbons (Fsp3) is 0.333. The van der Waals surface area contributed by atoms with E-state index in [1.165, 1.54) is 0 Å². The minimum atomic E-state index is -0.937. The van der Waals surface area contributed by atoms with Crippen molar-refractivity contribution < 1.29 is 13.6 Å². The minimum Gasteiger partial charge on any atom is -0.306 e. The number of halogens is 2. The van der Waals surface area contributed by atoms with Crippen molar-refractivity contribution in [3.63, 3.8) is 0 Å². The number of hydrogen-bond donors (Lipinski definition) is 2. The second kappa shape index (κ2) is 4.82. The maximum Gasteiger partial charge on any atom is 0.243 e. The summed E-state index contributed by atoms with van der Waals surface area (Å²) in [5, 5.41) is 6.11. The first kappa shape index (κ1) is 12.4. The molecule has 0 spiro atoms. The van der Waals surface area contributed by atoms with Crippen LogP contribution in [0.4, 0.5) is 13.9 Å². The van der Waals surface area contributed by atoms with Gasteiger partial charge in [0.05, 0.1) is 16.3 Å². The van der Waals surface area contributed by atoms with Gasteiger partial charge in [-0.15, -0.1) is 0 Å². The van der Waals surface area contributed by atoms with Crippen molar-refractivity contribution in [3.05, 3.63) is 23.8 Å². The summed E-state index contributed by atoms with van der Waals surface area (Å²) in [6.45, 7) is 0.828. The van der Waals surface area contributed by atoms with Crippen molar-refractivity contribution in [2.45, 2.75) is 18.9 Å². The maximum absolute atomic E-state index is 13.1. The second-order valence-corrected chi connectivity index (χ2v) is 5.42. The third kappa shape index (κ3) is 2.43. The molecule has 2 aromatic rings. The Morgan fingerprint density at radius 1 is 1.42 bits per heavy atom. The van der Waals surface area contributed by atoms with Gasteiger partial charge in [0.2, 0.25) is 5.91 Å². The Hall–Kier alpha value is -1.60. The first-order chi connectivity index (χ1) is 9.13. The number of benzene rings is 1. The van der Waals surface area contributed by atoms with Crippen LogP contribution in [-0.2, 0) is 4.79 Å². The van der Waals surface area contributed by atoms with Crippen LogP contribution in [0, 0.1) is 11.6 Å². The van der Waals surface area contributed by atoms with Crippen LogP contribution >= 0.6 is 11.3 Å². The molecule has 1 unspecified atom stereocenters. The average Bonchev–Trinajstić information content (AvgIpc) is 2.98. The Morgan fingerprint density at radius 2 is 2.21 bits per heavy atom.